The van der Waals surface area contributed by atoms with Gasteiger partial charge in [0.25, 0.3) is 0 Å². The zero-order chi connectivity index (χ0) is 11.1. The molecule has 1 amide bonds. The van der Waals surface area contributed by atoms with Crippen LogP contribution >= 0.6 is 0 Å². The van der Waals surface area contributed by atoms with E-state index in [0.29, 0.717) is 0 Å². The molecule has 0 aliphatic heterocycles. The number of carbonyl (C=O) groups excluding carboxylic acids is 1. The number of hydrogen-bond donors (Lipinski definition) is 1. The molecule has 0 aromatic heterocycles. The van der Waals surface area contributed by atoms with Crippen LogP contribution in [0.15, 0.2) is 24.3 Å². The van der Waals surface area contributed by atoms with Gasteiger partial charge in [0.15, 0.2) is 0 Å². The van der Waals surface area contributed by atoms with Crippen molar-refractivity contribution in [1.82, 2.24) is 0 Å². The van der Waals surface area contributed by atoms with Gasteiger partial charge in [0.2, 0.25) is 0 Å². The van der Waals surface area contributed by atoms with Gasteiger partial charge in [-0.05, 0) is 0 Å². The molecule has 0 aliphatic carbocycles. The summed E-state index contributed by atoms with van der Waals surface area (Å²) in [4.78, 5) is 10.8. The van der Waals surface area contributed by atoms with Crippen LogP contribution in [0.4, 0.5) is 5.69 Å². The Balaban J connectivity index is 2.45. The number of anilines is 1. The predicted molar refractivity (Wildman–Crippen MR) is 65.8 cm³/mol. The van der Waals surface area contributed by atoms with Gasteiger partial charge in [0.05, 0.1) is 0 Å². The number of unbranched alkanes of at least 4 members (excludes halogenated alkanes) is 1. The fourth-order valence-corrected chi connectivity index (χ4v) is 4.02. The fourth-order valence-electron chi connectivity index (χ4n) is 1.17. The standard InChI is InChI=1S/C12H17NOTe/c1-3-4-9-15-12-7-5-11(6-8-12)13-10(2)14/h5-8H,3-4,9H2,1-2H3,(H,13,14). The Labute approximate surface area is 102 Å². The van der Waals surface area contributed by atoms with Crippen LogP contribution in [0.5, 0.6) is 0 Å². The predicted octanol–water partition coefficient (Wildman–Crippen LogP) is 2.19. The molecule has 2 nitrogen and oxygen atoms in total. The molecule has 0 bridgehead atoms. The van der Waals surface area contributed by atoms with Crippen LogP contribution in [0, 0.1) is 0 Å². The number of carbonyl (C=O) groups is 1. The van der Waals surface area contributed by atoms with Crippen LogP contribution in [0.2, 0.25) is 4.47 Å². The summed E-state index contributed by atoms with van der Waals surface area (Å²) in [6.45, 7) is 3.76. The summed E-state index contributed by atoms with van der Waals surface area (Å²) >= 11 is -0.000614. The number of amides is 1. The molecule has 1 aromatic rings. The maximum atomic E-state index is 10.8. The average Bonchev–Trinajstić information content (AvgIpc) is 2.20. The molecule has 3 heteroatoms. The Kier molecular flexibility index (Phi) is 5.75. The van der Waals surface area contributed by atoms with Gasteiger partial charge in [-0.25, -0.2) is 0 Å². The van der Waals surface area contributed by atoms with E-state index in [4.69, 9.17) is 0 Å². The molecule has 0 radical (unpaired) electrons. The van der Waals surface area contributed by atoms with Crippen molar-refractivity contribution in [1.29, 1.82) is 0 Å². The van der Waals surface area contributed by atoms with E-state index in [1.54, 1.807) is 0 Å². The molecule has 0 spiro atoms. The Bertz CT molecular complexity index is 308. The van der Waals surface area contributed by atoms with Crippen molar-refractivity contribution >= 4 is 36.1 Å². The summed E-state index contributed by atoms with van der Waals surface area (Å²) in [7, 11) is 0. The van der Waals surface area contributed by atoms with Crippen LogP contribution in [-0.4, -0.2) is 26.8 Å². The fraction of sp³-hybridized carbons (Fsp3) is 0.417. The van der Waals surface area contributed by atoms with Gasteiger partial charge in [-0.3, -0.25) is 0 Å². The molecule has 0 saturated heterocycles. The molecule has 1 rings (SSSR count). The van der Waals surface area contributed by atoms with Crippen molar-refractivity contribution in [3.63, 3.8) is 0 Å². The van der Waals surface area contributed by atoms with Crippen molar-refractivity contribution in [3.8, 4) is 0 Å². The molecule has 0 unspecified atom stereocenters. The van der Waals surface area contributed by atoms with E-state index in [2.05, 4.69) is 24.4 Å². The van der Waals surface area contributed by atoms with E-state index < -0.39 is 0 Å². The normalized spacial score (nSPS) is 10.0. The maximum absolute atomic E-state index is 10.8. The van der Waals surface area contributed by atoms with Gasteiger partial charge < -0.3 is 0 Å². The third-order valence-corrected chi connectivity index (χ3v) is 5.08. The summed E-state index contributed by atoms with van der Waals surface area (Å²) in [5, 5.41) is 2.77. The van der Waals surface area contributed by atoms with Crippen molar-refractivity contribution in [2.75, 3.05) is 5.32 Å². The van der Waals surface area contributed by atoms with E-state index in [-0.39, 0.29) is 26.8 Å². The van der Waals surface area contributed by atoms with Gasteiger partial charge in [-0.2, -0.15) is 0 Å². The van der Waals surface area contributed by atoms with Crippen molar-refractivity contribution < 1.29 is 4.79 Å². The average molecular weight is 319 g/mol. The minimum absolute atomic E-state index is 0.000614. The van der Waals surface area contributed by atoms with Crippen LogP contribution in [0.3, 0.4) is 0 Å². The molecule has 0 aliphatic rings. The summed E-state index contributed by atoms with van der Waals surface area (Å²) < 4.78 is 2.85. The second-order valence-electron chi connectivity index (χ2n) is 3.41. The molecule has 82 valence electrons. The van der Waals surface area contributed by atoms with Gasteiger partial charge in [0, 0.05) is 0 Å². The topological polar surface area (TPSA) is 29.1 Å². The van der Waals surface area contributed by atoms with Crippen LogP contribution in [0.1, 0.15) is 26.7 Å². The molecular weight excluding hydrogens is 302 g/mol. The van der Waals surface area contributed by atoms with Crippen LogP contribution < -0.4 is 8.93 Å². The number of nitrogens with one attached hydrogen (secondary N) is 1. The van der Waals surface area contributed by atoms with Crippen LogP contribution in [-0.2, 0) is 4.79 Å². The number of benzene rings is 1. The molecule has 0 atom stereocenters. The third kappa shape index (κ3) is 5.20. The summed E-state index contributed by atoms with van der Waals surface area (Å²) in [5.74, 6) is -0.00908. The first-order valence-electron chi connectivity index (χ1n) is 5.23. The van der Waals surface area contributed by atoms with Gasteiger partial charge in [-0.1, -0.05) is 0 Å². The Morgan fingerprint density at radius 2 is 2.00 bits per heavy atom. The van der Waals surface area contributed by atoms with Crippen molar-refractivity contribution in [3.05, 3.63) is 24.3 Å². The summed E-state index contributed by atoms with van der Waals surface area (Å²) in [6, 6.07) is 8.27. The molecular formula is C12H17NOTe. The third-order valence-electron chi connectivity index (χ3n) is 1.94. The SMILES string of the molecule is CCCC[Te]c1ccc(NC(C)=O)cc1. The first-order valence-corrected chi connectivity index (χ1v) is 8.04. The monoisotopic (exact) mass is 321 g/mol. The van der Waals surface area contributed by atoms with E-state index in [9.17, 15) is 4.79 Å². The minimum atomic E-state index is -0.00908. The Morgan fingerprint density at radius 3 is 2.53 bits per heavy atom. The molecule has 0 heterocycles. The Hall–Kier alpha value is -0.520. The molecule has 0 saturated carbocycles. The first kappa shape index (κ1) is 12.5. The zero-order valence-corrected chi connectivity index (χ0v) is 11.6. The number of rotatable bonds is 5. The van der Waals surface area contributed by atoms with E-state index >= 15 is 0 Å². The summed E-state index contributed by atoms with van der Waals surface area (Å²) in [6.07, 6.45) is 2.63. The van der Waals surface area contributed by atoms with Gasteiger partial charge in [-0.15, -0.1) is 0 Å². The first-order chi connectivity index (χ1) is 7.22. The molecule has 0 fully saturated rings. The molecule has 1 N–H and O–H groups in total. The van der Waals surface area contributed by atoms with Crippen molar-refractivity contribution in [2.45, 2.75) is 31.2 Å². The van der Waals surface area contributed by atoms with E-state index in [0.717, 1.165) is 5.69 Å². The van der Waals surface area contributed by atoms with E-state index in [1.165, 1.54) is 27.8 Å². The Morgan fingerprint density at radius 1 is 1.33 bits per heavy atom. The van der Waals surface area contributed by atoms with Gasteiger partial charge >= 0.3 is 102 Å². The van der Waals surface area contributed by atoms with Gasteiger partial charge in [0.1, 0.15) is 0 Å². The molecule has 15 heavy (non-hydrogen) atoms. The molecule has 1 aromatic carbocycles. The van der Waals surface area contributed by atoms with Crippen LogP contribution in [0.25, 0.3) is 0 Å². The van der Waals surface area contributed by atoms with Crippen molar-refractivity contribution in [2.24, 2.45) is 0 Å². The number of hydrogen-bond acceptors (Lipinski definition) is 1. The zero-order valence-electron chi connectivity index (χ0n) is 9.25. The van der Waals surface area contributed by atoms with E-state index in [1.807, 2.05) is 12.1 Å². The quantitative estimate of drug-likeness (QED) is 0.654. The summed E-state index contributed by atoms with van der Waals surface area (Å²) in [5.41, 5.74) is 0.897. The second kappa shape index (κ2) is 6.87. The second-order valence-corrected chi connectivity index (χ2v) is 6.74.